The molecule has 28 heavy (non-hydrogen) atoms. The predicted molar refractivity (Wildman–Crippen MR) is 107 cm³/mol. The highest BCUT2D eigenvalue weighted by molar-refractivity contribution is 6.02. The molecular formula is C23H22FN3O. The van der Waals surface area contributed by atoms with Crippen molar-refractivity contribution in [3.05, 3.63) is 65.7 Å². The second kappa shape index (κ2) is 5.37. The molecule has 1 N–H and O–H groups in total. The summed E-state index contributed by atoms with van der Waals surface area (Å²) in [7, 11) is 0. The van der Waals surface area contributed by atoms with Crippen molar-refractivity contribution in [2.45, 2.75) is 44.4 Å². The fourth-order valence-corrected chi connectivity index (χ4v) is 5.34. The lowest BCUT2D eigenvalue weighted by Crippen LogP contribution is -2.48. The fourth-order valence-electron chi connectivity index (χ4n) is 5.34. The number of benzene rings is 2. The van der Waals surface area contributed by atoms with Crippen LogP contribution in [0.4, 0.5) is 10.1 Å². The summed E-state index contributed by atoms with van der Waals surface area (Å²) >= 11 is 0. The Labute approximate surface area is 163 Å². The molecule has 2 aliphatic rings. The lowest BCUT2D eigenvalue weighted by atomic mass is 9.63. The van der Waals surface area contributed by atoms with Gasteiger partial charge in [-0.05, 0) is 42.5 Å². The Kier molecular flexibility index (Phi) is 3.32. The lowest BCUT2D eigenvalue weighted by Gasteiger charge is -2.39. The number of aromatic nitrogens is 2. The number of nitrogens with zero attached hydrogens (tertiary/aromatic N) is 2. The molecule has 0 radical (unpaired) electrons. The van der Waals surface area contributed by atoms with Crippen LogP contribution in [-0.2, 0) is 15.6 Å². The molecule has 4 nitrogen and oxygen atoms in total. The summed E-state index contributed by atoms with van der Waals surface area (Å²) in [4.78, 5) is 23.5. The van der Waals surface area contributed by atoms with Gasteiger partial charge in [0.05, 0.1) is 33.5 Å². The molecule has 142 valence electrons. The van der Waals surface area contributed by atoms with E-state index < -0.39 is 16.6 Å². The summed E-state index contributed by atoms with van der Waals surface area (Å²) in [6.45, 7) is 6.42. The topological polar surface area (TPSA) is 54.9 Å². The molecule has 0 spiro atoms. The number of carbonyl (C=O) groups is 1. The first-order valence-corrected chi connectivity index (χ1v) is 9.65. The van der Waals surface area contributed by atoms with E-state index in [4.69, 9.17) is 9.97 Å². The first-order chi connectivity index (χ1) is 13.3. The average molecular weight is 375 g/mol. The molecule has 1 heterocycles. The minimum atomic E-state index is -0.837. The van der Waals surface area contributed by atoms with Gasteiger partial charge in [-0.15, -0.1) is 0 Å². The van der Waals surface area contributed by atoms with Crippen LogP contribution >= 0.6 is 0 Å². The average Bonchev–Trinajstić information content (AvgIpc) is 2.98. The maximum Gasteiger partial charge on any atom is 0.237 e. The highest BCUT2D eigenvalue weighted by Gasteiger charge is 2.73. The minimum absolute atomic E-state index is 0.199. The monoisotopic (exact) mass is 375 g/mol. The van der Waals surface area contributed by atoms with E-state index in [9.17, 15) is 9.18 Å². The molecule has 0 aliphatic heterocycles. The predicted octanol–water partition coefficient (Wildman–Crippen LogP) is 4.74. The van der Waals surface area contributed by atoms with Gasteiger partial charge in [0.15, 0.2) is 0 Å². The van der Waals surface area contributed by atoms with E-state index >= 15 is 0 Å². The van der Waals surface area contributed by atoms with E-state index in [0.717, 1.165) is 28.8 Å². The van der Waals surface area contributed by atoms with Crippen LogP contribution in [0.25, 0.3) is 11.0 Å². The zero-order chi connectivity index (χ0) is 19.7. The van der Waals surface area contributed by atoms with Gasteiger partial charge in [-0.2, -0.15) is 0 Å². The zero-order valence-corrected chi connectivity index (χ0v) is 16.2. The Morgan fingerprint density at radius 2 is 1.54 bits per heavy atom. The number of anilines is 1. The molecule has 1 amide bonds. The fraction of sp³-hybridized carbons (Fsp3) is 0.348. The lowest BCUT2D eigenvalue weighted by molar-refractivity contribution is -0.125. The normalized spacial score (nSPS) is 27.0. The van der Waals surface area contributed by atoms with Gasteiger partial charge in [-0.25, -0.2) is 14.4 Å². The molecule has 5 rings (SSSR count). The van der Waals surface area contributed by atoms with Crippen LogP contribution in [-0.4, -0.2) is 15.9 Å². The SMILES string of the molecule is CC12CCC(C(=O)Nc3ccccc3F)(c3nc4ccccc4nc31)C2(C)C. The third-order valence-corrected chi connectivity index (χ3v) is 7.45. The van der Waals surface area contributed by atoms with Gasteiger partial charge in [-0.3, -0.25) is 4.79 Å². The van der Waals surface area contributed by atoms with Gasteiger partial charge in [0.25, 0.3) is 0 Å². The van der Waals surface area contributed by atoms with Crippen molar-refractivity contribution in [1.82, 2.24) is 9.97 Å². The number of hydrogen-bond donors (Lipinski definition) is 1. The first kappa shape index (κ1) is 17.3. The summed E-state index contributed by atoms with van der Waals surface area (Å²) in [5, 5.41) is 2.85. The van der Waals surface area contributed by atoms with Crippen LogP contribution in [0.15, 0.2) is 48.5 Å². The summed E-state index contributed by atoms with van der Waals surface area (Å²) in [6, 6.07) is 14.0. The molecule has 0 saturated heterocycles. The summed E-state index contributed by atoms with van der Waals surface area (Å²) in [5.74, 6) is -0.636. The molecule has 2 aliphatic carbocycles. The summed E-state index contributed by atoms with van der Waals surface area (Å²) in [5.41, 5.74) is 2.00. The molecule has 2 unspecified atom stereocenters. The van der Waals surface area contributed by atoms with E-state index in [0.29, 0.717) is 6.42 Å². The molecule has 2 aromatic carbocycles. The molecular weight excluding hydrogens is 353 g/mol. The number of rotatable bonds is 2. The van der Waals surface area contributed by atoms with Crippen LogP contribution in [0.5, 0.6) is 0 Å². The minimum Gasteiger partial charge on any atom is -0.323 e. The number of amides is 1. The van der Waals surface area contributed by atoms with Crippen molar-refractivity contribution in [3.63, 3.8) is 0 Å². The number of para-hydroxylation sites is 3. The Hall–Kier alpha value is -2.82. The van der Waals surface area contributed by atoms with E-state index in [2.05, 4.69) is 26.1 Å². The van der Waals surface area contributed by atoms with E-state index in [1.54, 1.807) is 18.2 Å². The molecule has 3 aromatic rings. The first-order valence-electron chi connectivity index (χ1n) is 9.65. The Morgan fingerprint density at radius 3 is 2.21 bits per heavy atom. The largest absolute Gasteiger partial charge is 0.323 e. The third kappa shape index (κ3) is 1.87. The third-order valence-electron chi connectivity index (χ3n) is 7.45. The Balaban J connectivity index is 1.72. The second-order valence-electron chi connectivity index (χ2n) is 8.71. The van der Waals surface area contributed by atoms with Gasteiger partial charge in [0.2, 0.25) is 5.91 Å². The second-order valence-corrected chi connectivity index (χ2v) is 8.71. The van der Waals surface area contributed by atoms with E-state index in [-0.39, 0.29) is 17.0 Å². The Bertz CT molecular complexity index is 1140. The van der Waals surface area contributed by atoms with Gasteiger partial charge >= 0.3 is 0 Å². The summed E-state index contributed by atoms with van der Waals surface area (Å²) < 4.78 is 14.2. The summed E-state index contributed by atoms with van der Waals surface area (Å²) in [6.07, 6.45) is 1.53. The molecule has 5 heteroatoms. The van der Waals surface area contributed by atoms with Crippen molar-refractivity contribution in [1.29, 1.82) is 0 Å². The number of carbonyl (C=O) groups excluding carboxylic acids is 1. The van der Waals surface area contributed by atoms with Gasteiger partial charge < -0.3 is 5.32 Å². The van der Waals surface area contributed by atoms with Gasteiger partial charge in [0, 0.05) is 5.41 Å². The van der Waals surface area contributed by atoms with Crippen molar-refractivity contribution < 1.29 is 9.18 Å². The van der Waals surface area contributed by atoms with Crippen LogP contribution in [0.1, 0.15) is 45.0 Å². The smallest absolute Gasteiger partial charge is 0.237 e. The molecule has 2 bridgehead atoms. The molecule has 1 saturated carbocycles. The molecule has 1 aromatic heterocycles. The van der Waals surface area contributed by atoms with Gasteiger partial charge in [-0.1, -0.05) is 45.0 Å². The highest BCUT2D eigenvalue weighted by atomic mass is 19.1. The number of nitrogens with one attached hydrogen (secondary N) is 1. The maximum absolute atomic E-state index is 14.2. The highest BCUT2D eigenvalue weighted by Crippen LogP contribution is 2.70. The quantitative estimate of drug-likeness (QED) is 0.704. The number of hydrogen-bond acceptors (Lipinski definition) is 3. The Morgan fingerprint density at radius 1 is 0.929 bits per heavy atom. The van der Waals surface area contributed by atoms with Crippen molar-refractivity contribution in [3.8, 4) is 0 Å². The van der Waals surface area contributed by atoms with E-state index in [1.807, 2.05) is 24.3 Å². The van der Waals surface area contributed by atoms with Crippen LogP contribution in [0.3, 0.4) is 0 Å². The van der Waals surface area contributed by atoms with Crippen molar-refractivity contribution in [2.75, 3.05) is 5.32 Å². The molecule has 2 atom stereocenters. The molecule has 1 fully saturated rings. The van der Waals surface area contributed by atoms with E-state index in [1.165, 1.54) is 6.07 Å². The van der Waals surface area contributed by atoms with Crippen LogP contribution in [0.2, 0.25) is 0 Å². The maximum atomic E-state index is 14.2. The van der Waals surface area contributed by atoms with Crippen LogP contribution < -0.4 is 5.32 Å². The number of halogens is 1. The van der Waals surface area contributed by atoms with Crippen molar-refractivity contribution in [2.24, 2.45) is 5.41 Å². The van der Waals surface area contributed by atoms with Crippen molar-refractivity contribution >= 4 is 22.6 Å². The standard InChI is InChI=1S/C23H22FN3O/c1-21(2)22(3)12-13-23(21,20(28)27-15-9-5-4-8-14(15)24)19-18(22)25-16-10-6-7-11-17(16)26-19/h4-11H,12-13H2,1-3H3,(H,27,28). The zero-order valence-electron chi connectivity index (χ0n) is 16.2. The number of fused-ring (bicyclic) bond motifs is 6. The van der Waals surface area contributed by atoms with Gasteiger partial charge in [0.1, 0.15) is 5.82 Å². The van der Waals surface area contributed by atoms with Crippen LogP contribution in [0, 0.1) is 11.2 Å².